The molecule has 26 heavy (non-hydrogen) atoms. The van der Waals surface area contributed by atoms with Crippen LogP contribution in [0.1, 0.15) is 65.2 Å². The molecular weight excluding hydrogens is 332 g/mol. The van der Waals surface area contributed by atoms with Gasteiger partial charge in [0.15, 0.2) is 6.10 Å². The van der Waals surface area contributed by atoms with E-state index < -0.39 is 12.1 Å². The average Bonchev–Trinajstić information content (AvgIpc) is 2.56. The quantitative estimate of drug-likeness (QED) is 0.647. The number of hydrogen-bond donors (Lipinski definition) is 2. The maximum Gasteiger partial charge on any atom is 0.326 e. The Labute approximate surface area is 155 Å². The second-order valence-electron chi connectivity index (χ2n) is 8.79. The van der Waals surface area contributed by atoms with Gasteiger partial charge in [0.1, 0.15) is 6.54 Å². The highest BCUT2D eigenvalue weighted by Crippen LogP contribution is 2.61. The van der Waals surface area contributed by atoms with E-state index in [0.29, 0.717) is 13.0 Å². The van der Waals surface area contributed by atoms with Gasteiger partial charge in [0.05, 0.1) is 0 Å². The zero-order valence-corrected chi connectivity index (χ0v) is 16.0. The first-order valence-electron chi connectivity index (χ1n) is 10.1. The maximum atomic E-state index is 12.4. The second kappa shape index (κ2) is 7.97. The van der Waals surface area contributed by atoms with Gasteiger partial charge in [-0.05, 0) is 75.0 Å². The summed E-state index contributed by atoms with van der Waals surface area (Å²) in [5.41, 5.74) is 0.163. The van der Waals surface area contributed by atoms with Crippen molar-refractivity contribution in [2.24, 2.45) is 23.2 Å². The number of amides is 2. The Hall–Kier alpha value is -1.59. The molecule has 0 aromatic rings. The largest absolute Gasteiger partial charge is 0.451 e. The summed E-state index contributed by atoms with van der Waals surface area (Å²) in [5, 5.41) is 5.38. The van der Waals surface area contributed by atoms with Crippen molar-refractivity contribution < 1.29 is 19.1 Å². The van der Waals surface area contributed by atoms with Crippen molar-refractivity contribution in [3.63, 3.8) is 0 Å². The molecule has 2 N–H and O–H groups in total. The molecule has 0 radical (unpaired) electrons. The molecule has 0 aromatic carbocycles. The number of carbonyl (C=O) groups excluding carboxylic acids is 3. The summed E-state index contributed by atoms with van der Waals surface area (Å²) in [7, 11) is 0. The highest BCUT2D eigenvalue weighted by molar-refractivity contribution is 5.85. The van der Waals surface area contributed by atoms with Crippen LogP contribution in [0, 0.1) is 23.2 Å². The lowest BCUT2D eigenvalue weighted by Crippen LogP contribution is -2.48. The lowest BCUT2D eigenvalue weighted by molar-refractivity contribution is -0.154. The van der Waals surface area contributed by atoms with E-state index >= 15 is 0 Å². The van der Waals surface area contributed by atoms with Crippen molar-refractivity contribution in [1.82, 2.24) is 10.6 Å². The van der Waals surface area contributed by atoms with Crippen molar-refractivity contribution in [3.05, 3.63) is 0 Å². The molecule has 0 aromatic heterocycles. The normalized spacial score (nSPS) is 32.8. The first-order chi connectivity index (χ1) is 12.4. The van der Waals surface area contributed by atoms with Crippen LogP contribution in [0.4, 0.5) is 0 Å². The molecule has 4 fully saturated rings. The number of hydrogen-bond acceptors (Lipinski definition) is 4. The highest BCUT2D eigenvalue weighted by Gasteiger charge is 2.51. The van der Waals surface area contributed by atoms with Gasteiger partial charge in [0.25, 0.3) is 5.91 Å². The summed E-state index contributed by atoms with van der Waals surface area (Å²) in [6.45, 7) is 3.88. The lowest BCUT2D eigenvalue weighted by atomic mass is 9.49. The summed E-state index contributed by atoms with van der Waals surface area (Å²) in [6.07, 6.45) is 8.08. The van der Waals surface area contributed by atoms with E-state index in [0.717, 1.165) is 24.2 Å². The van der Waals surface area contributed by atoms with Gasteiger partial charge in [-0.1, -0.05) is 6.92 Å². The lowest BCUT2D eigenvalue weighted by Gasteiger charge is -2.56. The summed E-state index contributed by atoms with van der Waals surface area (Å²) in [6, 6.07) is 0. The van der Waals surface area contributed by atoms with Gasteiger partial charge in [-0.2, -0.15) is 0 Å². The number of ether oxygens (including phenoxy) is 1. The third-order valence-corrected chi connectivity index (χ3v) is 6.36. The van der Waals surface area contributed by atoms with Crippen molar-refractivity contribution in [2.75, 3.05) is 13.1 Å². The van der Waals surface area contributed by atoms with E-state index in [-0.39, 0.29) is 23.8 Å². The molecular formula is C20H32N2O4. The molecule has 2 amide bonds. The van der Waals surface area contributed by atoms with Crippen molar-refractivity contribution in [1.29, 1.82) is 0 Å². The van der Waals surface area contributed by atoms with E-state index in [1.807, 2.05) is 6.92 Å². The molecule has 146 valence electrons. The van der Waals surface area contributed by atoms with Crippen LogP contribution in [0.2, 0.25) is 0 Å². The molecule has 0 heterocycles. The Bertz CT molecular complexity index is 525. The van der Waals surface area contributed by atoms with Crippen LogP contribution in [0.3, 0.4) is 0 Å². The first-order valence-corrected chi connectivity index (χ1v) is 10.1. The Morgan fingerprint density at radius 1 is 1.04 bits per heavy atom. The fraction of sp³-hybridized carbons (Fsp3) is 0.850. The van der Waals surface area contributed by atoms with E-state index in [2.05, 4.69) is 10.6 Å². The molecule has 4 rings (SSSR count). The number of carbonyl (C=O) groups is 3. The minimum absolute atomic E-state index is 0.0630. The Kier molecular flexibility index (Phi) is 5.88. The highest BCUT2D eigenvalue weighted by atomic mass is 16.5. The van der Waals surface area contributed by atoms with Gasteiger partial charge in [-0.15, -0.1) is 0 Å². The smallest absolute Gasteiger partial charge is 0.326 e. The fourth-order valence-corrected chi connectivity index (χ4v) is 5.76. The summed E-state index contributed by atoms with van der Waals surface area (Å²) < 4.78 is 5.09. The molecule has 4 bridgehead atoms. The summed E-state index contributed by atoms with van der Waals surface area (Å²) in [5.74, 6) is 1.49. The van der Waals surface area contributed by atoms with Crippen LogP contribution in [0.15, 0.2) is 0 Å². The molecule has 0 saturated heterocycles. The van der Waals surface area contributed by atoms with Gasteiger partial charge in [0.2, 0.25) is 5.91 Å². The zero-order chi connectivity index (χ0) is 18.7. The molecule has 0 aliphatic heterocycles. The third-order valence-electron chi connectivity index (χ3n) is 6.36. The predicted octanol–water partition coefficient (Wildman–Crippen LogP) is 2.17. The topological polar surface area (TPSA) is 84.5 Å². The number of nitrogens with one attached hydrogen (secondary N) is 2. The van der Waals surface area contributed by atoms with Gasteiger partial charge in [-0.25, -0.2) is 0 Å². The van der Waals surface area contributed by atoms with Gasteiger partial charge in [-0.3, -0.25) is 14.4 Å². The van der Waals surface area contributed by atoms with Crippen LogP contribution in [-0.2, 0) is 19.1 Å². The second-order valence-corrected chi connectivity index (χ2v) is 8.79. The van der Waals surface area contributed by atoms with Gasteiger partial charge >= 0.3 is 5.97 Å². The van der Waals surface area contributed by atoms with E-state index in [9.17, 15) is 14.4 Å². The number of rotatable bonds is 8. The molecule has 0 spiro atoms. The predicted molar refractivity (Wildman–Crippen MR) is 97.1 cm³/mol. The average molecular weight is 364 g/mol. The van der Waals surface area contributed by atoms with Crippen molar-refractivity contribution in [3.8, 4) is 0 Å². The fourth-order valence-electron chi connectivity index (χ4n) is 5.76. The van der Waals surface area contributed by atoms with Crippen molar-refractivity contribution >= 4 is 17.8 Å². The Morgan fingerprint density at radius 3 is 2.15 bits per heavy atom. The minimum Gasteiger partial charge on any atom is -0.451 e. The molecule has 4 saturated carbocycles. The summed E-state index contributed by atoms with van der Waals surface area (Å²) >= 11 is 0. The van der Waals surface area contributed by atoms with Crippen LogP contribution in [0.5, 0.6) is 0 Å². The van der Waals surface area contributed by atoms with Crippen LogP contribution >= 0.6 is 0 Å². The van der Waals surface area contributed by atoms with E-state index in [1.165, 1.54) is 38.5 Å². The standard InChI is InChI=1S/C20H32N2O4/c1-3-4-21-19(25)13(2)26-18(24)12-22-17(23)11-20-8-14-5-15(9-20)7-16(6-14)10-20/h13-16H,3-12H2,1-2H3,(H,21,25)(H,22,23)/t13-,14?,15?,16?,20?/m1/s1. The molecule has 0 unspecified atom stereocenters. The van der Waals surface area contributed by atoms with Crippen molar-refractivity contribution in [2.45, 2.75) is 71.3 Å². The monoisotopic (exact) mass is 364 g/mol. The maximum absolute atomic E-state index is 12.4. The van der Waals surface area contributed by atoms with Crippen LogP contribution in [-0.4, -0.2) is 37.0 Å². The van der Waals surface area contributed by atoms with Gasteiger partial charge in [0, 0.05) is 13.0 Å². The Balaban J connectivity index is 1.40. The molecule has 1 atom stereocenters. The summed E-state index contributed by atoms with van der Waals surface area (Å²) in [4.78, 5) is 36.0. The number of esters is 1. The molecule has 4 aliphatic rings. The SMILES string of the molecule is CCCNC(=O)[C@@H](C)OC(=O)CNC(=O)CC12CC3CC(CC(C3)C1)C2. The van der Waals surface area contributed by atoms with Crippen LogP contribution in [0.25, 0.3) is 0 Å². The first kappa shape index (κ1) is 19.2. The van der Waals surface area contributed by atoms with Gasteiger partial charge < -0.3 is 15.4 Å². The van der Waals surface area contributed by atoms with Crippen LogP contribution < -0.4 is 10.6 Å². The molecule has 6 heteroatoms. The van der Waals surface area contributed by atoms with E-state index in [4.69, 9.17) is 4.74 Å². The minimum atomic E-state index is -0.839. The third kappa shape index (κ3) is 4.57. The molecule has 6 nitrogen and oxygen atoms in total. The zero-order valence-electron chi connectivity index (χ0n) is 16.0. The van der Waals surface area contributed by atoms with E-state index in [1.54, 1.807) is 6.92 Å². The Morgan fingerprint density at radius 2 is 1.62 bits per heavy atom. The molecule has 4 aliphatic carbocycles.